The Balaban J connectivity index is 0.000000138. The zero-order chi connectivity index (χ0) is 80.2. The Bertz CT molecular complexity index is 4830. The van der Waals surface area contributed by atoms with Crippen LogP contribution in [0.2, 0.25) is 20.1 Å². The van der Waals surface area contributed by atoms with Gasteiger partial charge in [-0.3, -0.25) is 87.5 Å². The number of amides is 12. The molecule has 4 atom stereocenters. The monoisotopic (exact) mass is 1650 g/mol. The molecule has 0 aliphatic carbocycles. The first kappa shape index (κ1) is 80.8. The van der Waals surface area contributed by atoms with Gasteiger partial charge in [0.15, 0.2) is 35.2 Å². The van der Waals surface area contributed by atoms with E-state index in [1.165, 1.54) is 121 Å². The molecule has 8 aromatic heterocycles. The molecule has 16 heterocycles. The molecule has 4 unspecified atom stereocenters. The van der Waals surface area contributed by atoms with Crippen LogP contribution in [0.1, 0.15) is 89.6 Å². The van der Waals surface area contributed by atoms with Gasteiger partial charge in [0.25, 0.3) is 23.6 Å². The maximum absolute atomic E-state index is 12.8. The van der Waals surface area contributed by atoms with Gasteiger partial charge in [-0.2, -0.15) is 0 Å². The summed E-state index contributed by atoms with van der Waals surface area (Å²) in [4.78, 5) is 202. The van der Waals surface area contributed by atoms with Crippen molar-refractivity contribution >= 4 is 163 Å². The molecule has 580 valence electrons. The summed E-state index contributed by atoms with van der Waals surface area (Å²) in [5, 5.41) is 25.9. The second kappa shape index (κ2) is 36.1. The van der Waals surface area contributed by atoms with Crippen LogP contribution in [0.25, 0.3) is 0 Å². The smallest absolute Gasteiger partial charge is 0.412 e. The van der Waals surface area contributed by atoms with Crippen molar-refractivity contribution in [2.45, 2.75) is 24.9 Å². The number of carbonyl (C=O) groups excluding carboxylic acids is 12. The first-order valence-corrected chi connectivity index (χ1v) is 35.2. The van der Waals surface area contributed by atoms with Crippen LogP contribution in [0, 0.1) is 0 Å². The number of hydrogen-bond donors (Lipinski definition) is 4. The second-order valence-corrected chi connectivity index (χ2v) is 26.3. The van der Waals surface area contributed by atoms with Crippen LogP contribution < -0.4 is 30.2 Å². The maximum atomic E-state index is 12.8. The van der Waals surface area contributed by atoms with Gasteiger partial charge in [0.2, 0.25) is 36.1 Å². The quantitative estimate of drug-likeness (QED) is 0.134. The first-order chi connectivity index (χ1) is 53.7. The normalized spacial score (nSPS) is 18.6. The lowest BCUT2D eigenvalue weighted by Crippen LogP contribution is -2.51. The standard InChI is InChI=1S/C17H15ClN6O4.C16H13ClN6O4.2C11H7ClN4O2.C6H9ClN2O2.C5H7ClN2O2/c1-22-6-7-23(9-12(22)25)17(27)28-16-14-13(19-4-5-20-14)15(26)24(16)11-3-2-10(18)8-21-11;17-9-1-2-10(21-7-9)23-14(25)12-13(20-4-3-19-12)15(23)27-16(26)22-6-5-18-11(24)8-22;2*12-6-1-2-7(15-5-6)16-10(17)8-9(11(16)18)14-4-3-13-8;1-8-2-3-9(6(7)11)4-5(8)10;6-5(10)8-2-1-7-4(9)3-8/h2-5,8,16H,6-7,9H2,1H3;1-4,7,15H,5-6,8H2,(H,18,24);2*1-5,10,17H;2-4H2,1H3;1-3H2,(H,7,9). The number of aliphatic hydroxyl groups is 2. The molecule has 0 spiro atoms. The number of rotatable bonds is 6. The van der Waals surface area contributed by atoms with Gasteiger partial charge in [0.1, 0.15) is 72.2 Å². The van der Waals surface area contributed by atoms with Crippen molar-refractivity contribution in [3.63, 3.8) is 0 Å². The van der Waals surface area contributed by atoms with E-state index in [-0.39, 0.29) is 107 Å². The fourth-order valence-electron chi connectivity index (χ4n) is 11.1. The van der Waals surface area contributed by atoms with E-state index in [0.29, 0.717) is 84.1 Å². The van der Waals surface area contributed by atoms with Gasteiger partial charge in [-0.25, -0.2) is 59.3 Å². The number of carbonyl (C=O) groups is 12. The van der Waals surface area contributed by atoms with Crippen molar-refractivity contribution in [1.82, 2.24) is 99.8 Å². The second-order valence-electron chi connectivity index (χ2n) is 23.9. The van der Waals surface area contributed by atoms with Crippen LogP contribution in [-0.4, -0.2) is 262 Å². The fourth-order valence-corrected chi connectivity index (χ4v) is 11.8. The molecule has 8 aromatic rings. The Morgan fingerprint density at radius 1 is 0.375 bits per heavy atom. The van der Waals surface area contributed by atoms with E-state index in [9.17, 15) is 67.7 Å². The highest BCUT2D eigenvalue weighted by Gasteiger charge is 2.47. The maximum Gasteiger partial charge on any atom is 0.412 e. The molecule has 4 N–H and O–H groups in total. The van der Waals surface area contributed by atoms with Crippen LogP contribution in [0.4, 0.5) is 42.4 Å². The van der Waals surface area contributed by atoms with Gasteiger partial charge < -0.3 is 49.9 Å². The van der Waals surface area contributed by atoms with E-state index >= 15 is 0 Å². The van der Waals surface area contributed by atoms with Crippen LogP contribution in [0.3, 0.4) is 0 Å². The average molecular weight is 1660 g/mol. The SMILES string of the molecule is CN1CCN(C(=O)Cl)CC1=O.CN1CCN(C(=O)OC2c3nccnc3C(=O)N2c2ccc(Cl)cn2)CC1=O.O=C1CN(C(=O)Cl)CCN1.O=C1CN(C(=O)OC2c3nccnc3C(=O)N2c2ccc(Cl)cn2)CCN1.O=C1c2nccnc2C(O)N1c1ccc(Cl)cn1.O=C1c2nccnc2C(O)N1c1ccc(Cl)cn1. The molecule has 4 saturated heterocycles. The highest BCUT2D eigenvalue weighted by Crippen LogP contribution is 2.39. The Kier molecular flexibility index (Phi) is 26.1. The summed E-state index contributed by atoms with van der Waals surface area (Å²) in [5.74, 6) is -1.47. The van der Waals surface area contributed by atoms with Crippen LogP contribution in [0.5, 0.6) is 0 Å². The molecule has 40 nitrogen and oxygen atoms in total. The molecule has 0 aromatic carbocycles. The van der Waals surface area contributed by atoms with Crippen molar-refractivity contribution in [2.75, 3.05) is 112 Å². The lowest BCUT2D eigenvalue weighted by atomic mass is 10.3. The highest BCUT2D eigenvalue weighted by atomic mass is 35.5. The zero-order valence-corrected chi connectivity index (χ0v) is 62.6. The number of aliphatic hydroxyl groups excluding tert-OH is 2. The molecule has 0 radical (unpaired) electrons. The summed E-state index contributed by atoms with van der Waals surface area (Å²) >= 11 is 33.5. The molecular weight excluding hydrogens is 1600 g/mol. The predicted molar refractivity (Wildman–Crippen MR) is 391 cm³/mol. The molecule has 112 heavy (non-hydrogen) atoms. The summed E-state index contributed by atoms with van der Waals surface area (Å²) in [6.45, 7) is 3.45. The largest absolute Gasteiger partial charge is 0.419 e. The van der Waals surface area contributed by atoms with E-state index in [0.717, 1.165) is 9.80 Å². The van der Waals surface area contributed by atoms with Gasteiger partial charge in [-0.05, 0) is 71.7 Å². The number of aromatic nitrogens is 12. The number of nitrogens with one attached hydrogen (secondary N) is 2. The van der Waals surface area contributed by atoms with Crippen LogP contribution in [0.15, 0.2) is 123 Å². The highest BCUT2D eigenvalue weighted by molar-refractivity contribution is 6.63. The van der Waals surface area contributed by atoms with Crippen molar-refractivity contribution in [1.29, 1.82) is 0 Å². The third-order valence-corrected chi connectivity index (χ3v) is 18.1. The van der Waals surface area contributed by atoms with E-state index in [4.69, 9.17) is 79.1 Å². The van der Waals surface area contributed by atoms with Crippen LogP contribution >= 0.6 is 69.6 Å². The number of hydrogen-bond acceptors (Lipinski definition) is 28. The molecule has 8 aliphatic rings. The van der Waals surface area contributed by atoms with Crippen molar-refractivity contribution in [3.8, 4) is 0 Å². The van der Waals surface area contributed by atoms with E-state index in [2.05, 4.69) is 70.4 Å². The number of halogens is 6. The van der Waals surface area contributed by atoms with Gasteiger partial charge in [-0.1, -0.05) is 46.4 Å². The average Bonchev–Trinajstić information content (AvgIpc) is 1.62. The molecular formula is C66H58Cl6N24O16. The fraction of sp³-hybridized carbons (Fsp3) is 0.273. The summed E-state index contributed by atoms with van der Waals surface area (Å²) in [7, 11) is 3.37. The summed E-state index contributed by atoms with van der Waals surface area (Å²) in [6, 6.07) is 12.5. The minimum absolute atomic E-state index is 0.0646. The summed E-state index contributed by atoms with van der Waals surface area (Å²) < 4.78 is 11.1. The van der Waals surface area contributed by atoms with Crippen LogP contribution in [-0.2, 0) is 28.7 Å². The minimum Gasteiger partial charge on any atom is -0.419 e. The topological polar surface area (TPSA) is 475 Å². The molecule has 0 saturated carbocycles. The molecule has 8 aliphatic heterocycles. The zero-order valence-electron chi connectivity index (χ0n) is 58.1. The summed E-state index contributed by atoms with van der Waals surface area (Å²) in [5.41, 5.74) is 1.31. The van der Waals surface area contributed by atoms with Gasteiger partial charge in [-0.15, -0.1) is 0 Å². The minimum atomic E-state index is -1.17. The lowest BCUT2D eigenvalue weighted by Gasteiger charge is -2.32. The van der Waals surface area contributed by atoms with Crippen molar-refractivity contribution in [3.05, 3.63) is 189 Å². The number of pyridine rings is 4. The van der Waals surface area contributed by atoms with E-state index < -0.39 is 71.5 Å². The number of piperazine rings is 4. The van der Waals surface area contributed by atoms with Gasteiger partial charge >= 0.3 is 22.9 Å². The number of ether oxygens (including phenoxy) is 2. The van der Waals surface area contributed by atoms with Gasteiger partial charge in [0.05, 0.1) is 20.1 Å². The molecule has 16 rings (SSSR count). The lowest BCUT2D eigenvalue weighted by molar-refractivity contribution is -0.134. The molecule has 46 heteroatoms. The number of anilines is 4. The third kappa shape index (κ3) is 18.6. The van der Waals surface area contributed by atoms with Crippen molar-refractivity contribution in [2.24, 2.45) is 0 Å². The van der Waals surface area contributed by atoms with E-state index in [1.54, 1.807) is 55.4 Å². The predicted octanol–water partition coefficient (Wildman–Crippen LogP) is 4.10. The first-order valence-electron chi connectivity index (χ1n) is 32.9. The number of likely N-dealkylation sites (N-methyl/N-ethyl adjacent to an activating group) is 2. The van der Waals surface area contributed by atoms with Crippen molar-refractivity contribution < 1.29 is 77.2 Å². The Hall–Kier alpha value is -12.2. The van der Waals surface area contributed by atoms with E-state index in [1.807, 2.05) is 0 Å². The Morgan fingerprint density at radius 2 is 0.661 bits per heavy atom. The molecule has 12 amide bonds. The number of nitrogens with zero attached hydrogens (tertiary/aromatic N) is 22. The third-order valence-electron chi connectivity index (χ3n) is 16.8. The van der Waals surface area contributed by atoms with Gasteiger partial charge in [0, 0.05) is 141 Å². The summed E-state index contributed by atoms with van der Waals surface area (Å²) in [6.07, 6.45) is 10.7. The Labute approximate surface area is 662 Å². The molecule has 0 bridgehead atoms. The Morgan fingerprint density at radius 3 is 0.982 bits per heavy atom. The number of fused-ring (bicyclic) bond motifs is 4. The molecule has 4 fully saturated rings.